The normalized spacial score (nSPS) is 14.4. The maximum Gasteiger partial charge on any atom is 0.270 e. The average molecular weight is 362 g/mol. The lowest BCUT2D eigenvalue weighted by Crippen LogP contribution is -2.48. The third kappa shape index (κ3) is 3.66. The first kappa shape index (κ1) is 17.0. The van der Waals surface area contributed by atoms with Crippen LogP contribution < -0.4 is 4.90 Å². The SMILES string of the molecule is O=C(c1cc([N+](=O)[O-])ccc1Cl)N1CCN(c2ccc(O)cc2)CC1. The molecule has 0 unspecified atom stereocenters. The molecule has 0 aliphatic carbocycles. The molecule has 0 saturated carbocycles. The van der Waals surface area contributed by atoms with Gasteiger partial charge in [0, 0.05) is 44.0 Å². The highest BCUT2D eigenvalue weighted by Crippen LogP contribution is 2.25. The predicted molar refractivity (Wildman–Crippen MR) is 94.3 cm³/mol. The molecule has 1 saturated heterocycles. The van der Waals surface area contributed by atoms with Gasteiger partial charge in [-0.15, -0.1) is 0 Å². The second-order valence-corrected chi connectivity index (χ2v) is 6.12. The number of amides is 1. The van der Waals surface area contributed by atoms with E-state index in [0.717, 1.165) is 5.69 Å². The number of piperazine rings is 1. The van der Waals surface area contributed by atoms with Gasteiger partial charge in [0.1, 0.15) is 5.75 Å². The molecule has 1 heterocycles. The Balaban J connectivity index is 1.70. The molecule has 1 fully saturated rings. The quantitative estimate of drug-likeness (QED) is 0.671. The molecule has 3 rings (SSSR count). The molecule has 1 aliphatic rings. The summed E-state index contributed by atoms with van der Waals surface area (Å²) in [5.41, 5.74) is 0.961. The Morgan fingerprint density at radius 1 is 1.08 bits per heavy atom. The summed E-state index contributed by atoms with van der Waals surface area (Å²) >= 11 is 6.05. The van der Waals surface area contributed by atoms with Crippen LogP contribution in [0.4, 0.5) is 11.4 Å². The van der Waals surface area contributed by atoms with Crippen LogP contribution in [0.25, 0.3) is 0 Å². The van der Waals surface area contributed by atoms with Crippen molar-refractivity contribution in [3.8, 4) is 5.75 Å². The van der Waals surface area contributed by atoms with Gasteiger partial charge < -0.3 is 14.9 Å². The van der Waals surface area contributed by atoms with Gasteiger partial charge in [-0.25, -0.2) is 0 Å². The number of carbonyl (C=O) groups is 1. The number of halogens is 1. The van der Waals surface area contributed by atoms with Crippen molar-refractivity contribution in [2.75, 3.05) is 31.1 Å². The van der Waals surface area contributed by atoms with Gasteiger partial charge >= 0.3 is 0 Å². The number of non-ortho nitro benzene ring substituents is 1. The fraction of sp³-hybridized carbons (Fsp3) is 0.235. The largest absolute Gasteiger partial charge is 0.508 e. The van der Waals surface area contributed by atoms with Gasteiger partial charge in [0.05, 0.1) is 15.5 Å². The van der Waals surface area contributed by atoms with Gasteiger partial charge in [0.25, 0.3) is 11.6 Å². The van der Waals surface area contributed by atoms with Crippen molar-refractivity contribution >= 4 is 28.9 Å². The molecule has 7 nitrogen and oxygen atoms in total. The Hall–Kier alpha value is -2.80. The molecule has 130 valence electrons. The molecule has 8 heteroatoms. The van der Waals surface area contributed by atoms with Crippen LogP contribution in [-0.4, -0.2) is 47.0 Å². The molecular weight excluding hydrogens is 346 g/mol. The fourth-order valence-corrected chi connectivity index (χ4v) is 2.99. The maximum atomic E-state index is 12.7. The highest BCUT2D eigenvalue weighted by Gasteiger charge is 2.25. The molecule has 25 heavy (non-hydrogen) atoms. The first-order valence-corrected chi connectivity index (χ1v) is 8.10. The topological polar surface area (TPSA) is 86.9 Å². The summed E-state index contributed by atoms with van der Waals surface area (Å²) in [4.78, 5) is 26.8. The van der Waals surface area contributed by atoms with Crippen molar-refractivity contribution in [3.05, 3.63) is 63.2 Å². The van der Waals surface area contributed by atoms with E-state index in [1.54, 1.807) is 17.0 Å². The number of nitro groups is 1. The molecule has 0 radical (unpaired) electrons. The van der Waals surface area contributed by atoms with Gasteiger partial charge in [-0.3, -0.25) is 14.9 Å². The average Bonchev–Trinajstić information content (AvgIpc) is 2.62. The molecule has 0 spiro atoms. The van der Waals surface area contributed by atoms with Gasteiger partial charge in [-0.1, -0.05) is 11.6 Å². The van der Waals surface area contributed by atoms with Crippen LogP contribution >= 0.6 is 11.6 Å². The molecule has 0 aromatic heterocycles. The second-order valence-electron chi connectivity index (χ2n) is 5.72. The van der Waals surface area contributed by atoms with E-state index < -0.39 is 4.92 Å². The summed E-state index contributed by atoms with van der Waals surface area (Å²) in [6, 6.07) is 10.8. The number of hydrogen-bond acceptors (Lipinski definition) is 5. The highest BCUT2D eigenvalue weighted by atomic mass is 35.5. The van der Waals surface area contributed by atoms with E-state index in [9.17, 15) is 20.0 Å². The van der Waals surface area contributed by atoms with Gasteiger partial charge in [0.2, 0.25) is 0 Å². The summed E-state index contributed by atoms with van der Waals surface area (Å²) in [5, 5.41) is 20.5. The van der Waals surface area contributed by atoms with E-state index in [4.69, 9.17) is 11.6 Å². The standard InChI is InChI=1S/C17H16ClN3O4/c18-16-6-3-13(21(24)25)11-15(16)17(23)20-9-7-19(8-10-20)12-1-4-14(22)5-2-12/h1-6,11,22H,7-10H2. The Morgan fingerprint density at radius 3 is 2.32 bits per heavy atom. The van der Waals surface area contributed by atoms with Crippen molar-refractivity contribution in [3.63, 3.8) is 0 Å². The Bertz CT molecular complexity index is 802. The van der Waals surface area contributed by atoms with Crippen molar-refractivity contribution in [2.45, 2.75) is 0 Å². The van der Waals surface area contributed by atoms with E-state index in [1.807, 2.05) is 12.1 Å². The zero-order valence-electron chi connectivity index (χ0n) is 13.3. The maximum absolute atomic E-state index is 12.7. The molecule has 1 aliphatic heterocycles. The summed E-state index contributed by atoms with van der Waals surface area (Å²) < 4.78 is 0. The zero-order chi connectivity index (χ0) is 18.0. The number of phenolic OH excluding ortho intramolecular Hbond substituents is 1. The van der Waals surface area contributed by atoms with E-state index in [0.29, 0.717) is 26.2 Å². The molecule has 2 aromatic rings. The Labute approximate surface area is 149 Å². The number of carbonyl (C=O) groups excluding carboxylic acids is 1. The number of phenols is 1. The van der Waals surface area contributed by atoms with Gasteiger partial charge in [-0.05, 0) is 30.3 Å². The van der Waals surface area contributed by atoms with E-state index in [-0.39, 0.29) is 27.9 Å². The number of nitrogens with zero attached hydrogens (tertiary/aromatic N) is 3. The minimum Gasteiger partial charge on any atom is -0.508 e. The lowest BCUT2D eigenvalue weighted by Gasteiger charge is -2.36. The van der Waals surface area contributed by atoms with Crippen LogP contribution in [0.1, 0.15) is 10.4 Å². The monoisotopic (exact) mass is 361 g/mol. The van der Waals surface area contributed by atoms with Crippen LogP contribution in [0, 0.1) is 10.1 Å². The van der Waals surface area contributed by atoms with Crippen molar-refractivity contribution in [2.24, 2.45) is 0 Å². The molecule has 0 atom stereocenters. The Morgan fingerprint density at radius 2 is 1.72 bits per heavy atom. The highest BCUT2D eigenvalue weighted by molar-refractivity contribution is 6.33. The predicted octanol–water partition coefficient (Wildman–Crippen LogP) is 2.92. The number of rotatable bonds is 3. The smallest absolute Gasteiger partial charge is 0.270 e. The molecule has 1 amide bonds. The van der Waals surface area contributed by atoms with Crippen LogP contribution in [0.15, 0.2) is 42.5 Å². The van der Waals surface area contributed by atoms with E-state index in [1.165, 1.54) is 18.2 Å². The summed E-state index contributed by atoms with van der Waals surface area (Å²) in [6.07, 6.45) is 0. The molecule has 2 aromatic carbocycles. The zero-order valence-corrected chi connectivity index (χ0v) is 14.0. The minimum atomic E-state index is -0.546. The second kappa shape index (κ2) is 6.98. The minimum absolute atomic E-state index is 0.147. The van der Waals surface area contributed by atoms with Crippen molar-refractivity contribution in [1.29, 1.82) is 0 Å². The van der Waals surface area contributed by atoms with Crippen molar-refractivity contribution < 1.29 is 14.8 Å². The van der Waals surface area contributed by atoms with Crippen molar-refractivity contribution in [1.82, 2.24) is 4.90 Å². The van der Waals surface area contributed by atoms with Crippen LogP contribution in [0.3, 0.4) is 0 Å². The summed E-state index contributed by atoms with van der Waals surface area (Å²) in [6.45, 7) is 2.23. The first-order valence-electron chi connectivity index (χ1n) is 7.73. The number of anilines is 1. The van der Waals surface area contributed by atoms with Crippen LogP contribution in [-0.2, 0) is 0 Å². The number of aromatic hydroxyl groups is 1. The van der Waals surface area contributed by atoms with E-state index in [2.05, 4.69) is 4.90 Å². The number of benzene rings is 2. The molecule has 1 N–H and O–H groups in total. The lowest BCUT2D eigenvalue weighted by atomic mass is 10.1. The third-order valence-corrected chi connectivity index (χ3v) is 4.50. The first-order chi connectivity index (χ1) is 12.0. The Kier molecular flexibility index (Phi) is 4.76. The number of hydrogen-bond donors (Lipinski definition) is 1. The fourth-order valence-electron chi connectivity index (χ4n) is 2.79. The van der Waals surface area contributed by atoms with Gasteiger partial charge in [-0.2, -0.15) is 0 Å². The molecular formula is C17H16ClN3O4. The lowest BCUT2D eigenvalue weighted by molar-refractivity contribution is -0.384. The third-order valence-electron chi connectivity index (χ3n) is 4.17. The van der Waals surface area contributed by atoms with Gasteiger partial charge in [0.15, 0.2) is 0 Å². The number of nitro benzene ring substituents is 1. The van der Waals surface area contributed by atoms with Crippen LogP contribution in [0.5, 0.6) is 5.75 Å². The van der Waals surface area contributed by atoms with Crippen LogP contribution in [0.2, 0.25) is 5.02 Å². The van der Waals surface area contributed by atoms with E-state index >= 15 is 0 Å². The summed E-state index contributed by atoms with van der Waals surface area (Å²) in [7, 11) is 0. The molecule has 0 bridgehead atoms. The summed E-state index contributed by atoms with van der Waals surface area (Å²) in [5.74, 6) is -0.100.